The van der Waals surface area contributed by atoms with Gasteiger partial charge >= 0.3 is 6.11 Å². The molecular weight excluding hydrogens is 432 g/mol. The zero-order valence-corrected chi connectivity index (χ0v) is 18.8. The van der Waals surface area contributed by atoms with Crippen LogP contribution in [0.5, 0.6) is 17.2 Å². The predicted molar refractivity (Wildman–Crippen MR) is 121 cm³/mol. The quantitative estimate of drug-likeness (QED) is 0.211. The molecule has 0 spiro atoms. The molecule has 0 amide bonds. The standard InChI is InChI=1S/C27H28F4O2/c1-3-5-6-8-20-11-15-22(16-12-20)33-27(30,31)25-23(28)17-18-24(26(25)29)32-21-13-9-19(7-4-2)10-14-21/h9-18H,3-8H2,1-2H3. The minimum Gasteiger partial charge on any atom is -0.454 e. The van der Waals surface area contributed by atoms with Crippen molar-refractivity contribution in [3.05, 3.63) is 89.0 Å². The Morgan fingerprint density at radius 1 is 0.697 bits per heavy atom. The van der Waals surface area contributed by atoms with Gasteiger partial charge in [0.25, 0.3) is 0 Å². The van der Waals surface area contributed by atoms with Gasteiger partial charge in [-0.3, -0.25) is 0 Å². The molecule has 0 aliphatic carbocycles. The van der Waals surface area contributed by atoms with Crippen LogP contribution in [0, 0.1) is 11.6 Å². The third kappa shape index (κ3) is 6.50. The molecule has 0 aliphatic rings. The summed E-state index contributed by atoms with van der Waals surface area (Å²) in [6.45, 7) is 4.14. The van der Waals surface area contributed by atoms with Crippen molar-refractivity contribution in [1.29, 1.82) is 0 Å². The molecule has 176 valence electrons. The molecule has 0 bridgehead atoms. The molecule has 0 unspecified atom stereocenters. The van der Waals surface area contributed by atoms with Crippen LogP contribution in [0.15, 0.2) is 60.7 Å². The van der Waals surface area contributed by atoms with Gasteiger partial charge < -0.3 is 9.47 Å². The molecule has 0 N–H and O–H groups in total. The van der Waals surface area contributed by atoms with Crippen molar-refractivity contribution in [1.82, 2.24) is 0 Å². The average Bonchev–Trinajstić information content (AvgIpc) is 2.78. The van der Waals surface area contributed by atoms with E-state index in [4.69, 9.17) is 9.47 Å². The topological polar surface area (TPSA) is 18.5 Å². The van der Waals surface area contributed by atoms with Gasteiger partial charge in [-0.25, -0.2) is 8.78 Å². The van der Waals surface area contributed by atoms with Gasteiger partial charge in [-0.1, -0.05) is 57.4 Å². The predicted octanol–water partition coefficient (Wildman–Crippen LogP) is 8.57. The second-order valence-electron chi connectivity index (χ2n) is 7.95. The molecule has 33 heavy (non-hydrogen) atoms. The van der Waals surface area contributed by atoms with Crippen molar-refractivity contribution in [3.8, 4) is 17.2 Å². The molecular formula is C27H28F4O2. The van der Waals surface area contributed by atoms with Crippen LogP contribution in [0.25, 0.3) is 0 Å². The van der Waals surface area contributed by atoms with E-state index < -0.39 is 29.1 Å². The highest BCUT2D eigenvalue weighted by molar-refractivity contribution is 5.39. The van der Waals surface area contributed by atoms with Crippen molar-refractivity contribution in [2.75, 3.05) is 0 Å². The normalized spacial score (nSPS) is 11.5. The fourth-order valence-corrected chi connectivity index (χ4v) is 3.52. The van der Waals surface area contributed by atoms with Gasteiger partial charge in [0, 0.05) is 0 Å². The summed E-state index contributed by atoms with van der Waals surface area (Å²) in [5, 5.41) is 0. The monoisotopic (exact) mass is 460 g/mol. The van der Waals surface area contributed by atoms with Crippen LogP contribution in [0.2, 0.25) is 0 Å². The molecule has 0 fully saturated rings. The number of rotatable bonds is 11. The van der Waals surface area contributed by atoms with Crippen LogP contribution >= 0.6 is 0 Å². The number of benzene rings is 3. The molecule has 0 saturated heterocycles. The summed E-state index contributed by atoms with van der Waals surface area (Å²) in [4.78, 5) is 0. The van der Waals surface area contributed by atoms with Gasteiger partial charge in [0.15, 0.2) is 11.6 Å². The van der Waals surface area contributed by atoms with E-state index in [-0.39, 0.29) is 11.5 Å². The smallest absolute Gasteiger partial charge is 0.432 e. The number of halogens is 4. The van der Waals surface area contributed by atoms with Crippen LogP contribution < -0.4 is 9.47 Å². The molecule has 3 rings (SSSR count). The molecule has 0 atom stereocenters. The molecule has 0 radical (unpaired) electrons. The van der Waals surface area contributed by atoms with Crippen LogP contribution in [-0.2, 0) is 19.0 Å². The molecule has 2 nitrogen and oxygen atoms in total. The second-order valence-corrected chi connectivity index (χ2v) is 7.95. The molecule has 3 aromatic rings. The lowest BCUT2D eigenvalue weighted by molar-refractivity contribution is -0.189. The Hall–Kier alpha value is -3.02. The van der Waals surface area contributed by atoms with Gasteiger partial charge in [0.1, 0.15) is 22.9 Å². The van der Waals surface area contributed by atoms with E-state index in [0.717, 1.165) is 61.8 Å². The van der Waals surface area contributed by atoms with E-state index in [2.05, 4.69) is 6.92 Å². The molecule has 6 heteroatoms. The molecule has 0 aliphatic heterocycles. The van der Waals surface area contributed by atoms with E-state index in [1.54, 1.807) is 24.3 Å². The lowest BCUT2D eigenvalue weighted by atomic mass is 10.1. The maximum Gasteiger partial charge on any atom is 0.432 e. The Kier molecular flexibility index (Phi) is 8.37. The zero-order valence-electron chi connectivity index (χ0n) is 18.8. The van der Waals surface area contributed by atoms with E-state index in [1.165, 1.54) is 12.1 Å². The summed E-state index contributed by atoms with van der Waals surface area (Å²) in [7, 11) is 0. The van der Waals surface area contributed by atoms with Gasteiger partial charge in [-0.15, -0.1) is 0 Å². The lowest BCUT2D eigenvalue weighted by Gasteiger charge is -2.20. The summed E-state index contributed by atoms with van der Waals surface area (Å²) >= 11 is 0. The summed E-state index contributed by atoms with van der Waals surface area (Å²) in [6, 6.07) is 14.7. The first kappa shape index (κ1) is 24.6. The molecule has 0 aromatic heterocycles. The second kappa shape index (κ2) is 11.2. The first-order valence-corrected chi connectivity index (χ1v) is 11.2. The number of alkyl halides is 2. The van der Waals surface area contributed by atoms with E-state index in [9.17, 15) is 17.6 Å². The van der Waals surface area contributed by atoms with Crippen LogP contribution in [-0.4, -0.2) is 0 Å². The number of hydrogen-bond acceptors (Lipinski definition) is 2. The first-order chi connectivity index (χ1) is 15.8. The van der Waals surface area contributed by atoms with Gasteiger partial charge in [0.05, 0.1) is 0 Å². The maximum atomic E-state index is 14.9. The SMILES string of the molecule is CCCCCc1ccc(OC(F)(F)c2c(F)ccc(Oc3ccc(CCC)cc3)c2F)cc1. The number of ether oxygens (including phenoxy) is 2. The largest absolute Gasteiger partial charge is 0.454 e. The lowest BCUT2D eigenvalue weighted by Crippen LogP contribution is -2.25. The summed E-state index contributed by atoms with van der Waals surface area (Å²) < 4.78 is 69.0. The maximum absolute atomic E-state index is 14.9. The Morgan fingerprint density at radius 3 is 1.91 bits per heavy atom. The highest BCUT2D eigenvalue weighted by Gasteiger charge is 2.42. The van der Waals surface area contributed by atoms with Crippen LogP contribution in [0.1, 0.15) is 56.2 Å². The van der Waals surface area contributed by atoms with E-state index in [0.29, 0.717) is 0 Å². The van der Waals surface area contributed by atoms with Crippen LogP contribution in [0.4, 0.5) is 17.6 Å². The molecule has 0 saturated carbocycles. The van der Waals surface area contributed by atoms with E-state index >= 15 is 0 Å². The van der Waals surface area contributed by atoms with Gasteiger partial charge in [-0.05, 0) is 66.8 Å². The fraction of sp³-hybridized carbons (Fsp3) is 0.333. The summed E-state index contributed by atoms with van der Waals surface area (Å²) in [5.41, 5.74) is 0.563. The fourth-order valence-electron chi connectivity index (χ4n) is 3.52. The Labute approximate surface area is 192 Å². The molecule has 3 aromatic carbocycles. The van der Waals surface area contributed by atoms with Crippen molar-refractivity contribution >= 4 is 0 Å². The third-order valence-electron chi connectivity index (χ3n) is 5.27. The number of unbranched alkanes of at least 4 members (excludes halogenated alkanes) is 2. The van der Waals surface area contributed by atoms with E-state index in [1.807, 2.05) is 19.1 Å². The van der Waals surface area contributed by atoms with Crippen molar-refractivity contribution in [2.45, 2.75) is 58.5 Å². The Morgan fingerprint density at radius 2 is 1.30 bits per heavy atom. The summed E-state index contributed by atoms with van der Waals surface area (Å²) in [5.74, 6) is -3.36. The third-order valence-corrected chi connectivity index (χ3v) is 5.27. The van der Waals surface area contributed by atoms with Gasteiger partial charge in [-0.2, -0.15) is 8.78 Å². The number of aryl methyl sites for hydroxylation is 2. The minimum absolute atomic E-state index is 0.184. The minimum atomic E-state index is -4.23. The zero-order chi connectivity index (χ0) is 23.8. The van der Waals surface area contributed by atoms with Crippen molar-refractivity contribution in [3.63, 3.8) is 0 Å². The van der Waals surface area contributed by atoms with Crippen LogP contribution in [0.3, 0.4) is 0 Å². The Bertz CT molecular complexity index is 1030. The Balaban J connectivity index is 1.78. The highest BCUT2D eigenvalue weighted by Crippen LogP contribution is 2.39. The first-order valence-electron chi connectivity index (χ1n) is 11.2. The average molecular weight is 461 g/mol. The highest BCUT2D eigenvalue weighted by atomic mass is 19.3. The summed E-state index contributed by atoms with van der Waals surface area (Å²) in [6.07, 6.45) is 1.59. The molecule has 0 heterocycles. The van der Waals surface area contributed by atoms with Crippen molar-refractivity contribution in [2.24, 2.45) is 0 Å². The van der Waals surface area contributed by atoms with Crippen molar-refractivity contribution < 1.29 is 27.0 Å². The van der Waals surface area contributed by atoms with Gasteiger partial charge in [0.2, 0.25) is 0 Å². The number of hydrogen-bond donors (Lipinski definition) is 0.